The van der Waals surface area contributed by atoms with Gasteiger partial charge in [0.2, 0.25) is 0 Å². The maximum Gasteiger partial charge on any atom is 0.102 e. The third-order valence-corrected chi connectivity index (χ3v) is 5.14. The molecule has 4 rings (SSSR count). The monoisotopic (exact) mass is 314 g/mol. The lowest BCUT2D eigenvalue weighted by atomic mass is 10.1. The highest BCUT2D eigenvalue weighted by molar-refractivity contribution is 5.35. The summed E-state index contributed by atoms with van der Waals surface area (Å²) in [6.45, 7) is 1.90. The Labute approximate surface area is 135 Å². The molecule has 2 N–H and O–H groups in total. The zero-order valence-electron chi connectivity index (χ0n) is 13.0. The fourth-order valence-corrected chi connectivity index (χ4v) is 3.86. The van der Waals surface area contributed by atoms with Crippen LogP contribution in [0.4, 0.5) is 0 Å². The van der Waals surface area contributed by atoms with Crippen molar-refractivity contribution < 1.29 is 10.2 Å². The van der Waals surface area contributed by atoms with Crippen molar-refractivity contribution in [3.8, 4) is 0 Å². The molecule has 2 aliphatic rings. The molecule has 0 spiro atoms. The van der Waals surface area contributed by atoms with E-state index in [0.717, 1.165) is 37.1 Å². The van der Waals surface area contributed by atoms with Crippen LogP contribution in [-0.2, 0) is 13.0 Å². The van der Waals surface area contributed by atoms with Crippen molar-refractivity contribution in [2.24, 2.45) is 0 Å². The summed E-state index contributed by atoms with van der Waals surface area (Å²) in [6.07, 6.45) is 4.35. The average Bonchev–Trinajstić information content (AvgIpc) is 3.28. The maximum absolute atomic E-state index is 10.5. The van der Waals surface area contributed by atoms with Crippen LogP contribution in [0.25, 0.3) is 0 Å². The SMILES string of the molecule is OCC1CCCN1Cc1cn(C2Cc3ccccc3C2O)nn1. The van der Waals surface area contributed by atoms with Crippen LogP contribution in [0.2, 0.25) is 0 Å². The molecule has 0 amide bonds. The molecule has 6 nitrogen and oxygen atoms in total. The normalized spacial score (nSPS) is 27.5. The maximum atomic E-state index is 10.5. The molecule has 2 aromatic rings. The third-order valence-electron chi connectivity index (χ3n) is 5.14. The largest absolute Gasteiger partial charge is 0.395 e. The number of aromatic nitrogens is 3. The fraction of sp³-hybridized carbons (Fsp3) is 0.529. The highest BCUT2D eigenvalue weighted by Gasteiger charge is 2.33. The number of aliphatic hydroxyl groups excluding tert-OH is 2. The van der Waals surface area contributed by atoms with Crippen molar-refractivity contribution in [2.45, 2.75) is 44.0 Å². The van der Waals surface area contributed by atoms with E-state index in [1.165, 1.54) is 5.56 Å². The van der Waals surface area contributed by atoms with Gasteiger partial charge in [-0.25, -0.2) is 4.68 Å². The number of aliphatic hydroxyl groups is 2. The van der Waals surface area contributed by atoms with Gasteiger partial charge >= 0.3 is 0 Å². The highest BCUT2D eigenvalue weighted by Crippen LogP contribution is 2.38. The molecule has 3 atom stereocenters. The second-order valence-corrected chi connectivity index (χ2v) is 6.55. The minimum Gasteiger partial charge on any atom is -0.395 e. The minimum atomic E-state index is -0.530. The molecule has 23 heavy (non-hydrogen) atoms. The molecule has 2 heterocycles. The predicted molar refractivity (Wildman–Crippen MR) is 84.7 cm³/mol. The molecule has 1 saturated heterocycles. The first-order chi connectivity index (χ1) is 11.3. The van der Waals surface area contributed by atoms with E-state index in [2.05, 4.69) is 21.3 Å². The third kappa shape index (κ3) is 2.67. The molecule has 0 bridgehead atoms. The van der Waals surface area contributed by atoms with Crippen molar-refractivity contribution in [3.63, 3.8) is 0 Å². The Morgan fingerprint density at radius 1 is 1.26 bits per heavy atom. The van der Waals surface area contributed by atoms with E-state index >= 15 is 0 Å². The number of hydrogen-bond acceptors (Lipinski definition) is 5. The smallest absolute Gasteiger partial charge is 0.102 e. The molecule has 1 fully saturated rings. The number of hydrogen-bond donors (Lipinski definition) is 2. The topological polar surface area (TPSA) is 74.4 Å². The summed E-state index contributed by atoms with van der Waals surface area (Å²) in [5, 5.41) is 28.5. The molecule has 1 aromatic heterocycles. The van der Waals surface area contributed by atoms with Gasteiger partial charge < -0.3 is 10.2 Å². The Bertz CT molecular complexity index is 687. The fourth-order valence-electron chi connectivity index (χ4n) is 3.86. The van der Waals surface area contributed by atoms with Crippen molar-refractivity contribution in [1.29, 1.82) is 0 Å². The van der Waals surface area contributed by atoms with Crippen molar-refractivity contribution in [1.82, 2.24) is 19.9 Å². The Kier molecular flexibility index (Phi) is 3.88. The molecule has 0 radical (unpaired) electrons. The summed E-state index contributed by atoms with van der Waals surface area (Å²) in [6, 6.07) is 8.16. The van der Waals surface area contributed by atoms with E-state index in [1.54, 1.807) is 4.68 Å². The van der Waals surface area contributed by atoms with Crippen LogP contribution in [0.3, 0.4) is 0 Å². The van der Waals surface area contributed by atoms with Gasteiger partial charge in [-0.1, -0.05) is 29.5 Å². The van der Waals surface area contributed by atoms with Crippen LogP contribution in [0.1, 0.15) is 41.8 Å². The molecular weight excluding hydrogens is 292 g/mol. The quantitative estimate of drug-likeness (QED) is 0.883. The number of fused-ring (bicyclic) bond motifs is 1. The molecular formula is C17H22N4O2. The summed E-state index contributed by atoms with van der Waals surface area (Å²) in [5.74, 6) is 0. The van der Waals surface area contributed by atoms with Crippen molar-refractivity contribution in [3.05, 3.63) is 47.3 Å². The molecule has 6 heteroatoms. The summed E-state index contributed by atoms with van der Waals surface area (Å²) < 4.78 is 1.80. The van der Waals surface area contributed by atoms with E-state index in [0.29, 0.717) is 6.54 Å². The molecule has 1 aliphatic carbocycles. The highest BCUT2D eigenvalue weighted by atomic mass is 16.3. The molecule has 1 aromatic carbocycles. The summed E-state index contributed by atoms with van der Waals surface area (Å²) >= 11 is 0. The number of benzene rings is 1. The number of likely N-dealkylation sites (tertiary alicyclic amines) is 1. The van der Waals surface area contributed by atoms with E-state index < -0.39 is 6.10 Å². The van der Waals surface area contributed by atoms with Gasteiger partial charge in [0.05, 0.1) is 24.5 Å². The number of rotatable bonds is 4. The van der Waals surface area contributed by atoms with Crippen LogP contribution >= 0.6 is 0 Å². The molecule has 3 unspecified atom stereocenters. The van der Waals surface area contributed by atoms with Gasteiger partial charge in [-0.05, 0) is 36.9 Å². The molecule has 122 valence electrons. The van der Waals surface area contributed by atoms with Gasteiger partial charge in [0.15, 0.2) is 0 Å². The van der Waals surface area contributed by atoms with Gasteiger partial charge in [0, 0.05) is 12.6 Å². The first-order valence-electron chi connectivity index (χ1n) is 8.27. The van der Waals surface area contributed by atoms with Gasteiger partial charge in [0.25, 0.3) is 0 Å². The van der Waals surface area contributed by atoms with Crippen LogP contribution in [-0.4, -0.2) is 49.3 Å². The zero-order valence-corrected chi connectivity index (χ0v) is 13.0. The van der Waals surface area contributed by atoms with E-state index in [-0.39, 0.29) is 18.7 Å². The van der Waals surface area contributed by atoms with Gasteiger partial charge in [-0.15, -0.1) is 5.10 Å². The van der Waals surface area contributed by atoms with E-state index in [1.807, 2.05) is 24.4 Å². The van der Waals surface area contributed by atoms with Crippen molar-refractivity contribution in [2.75, 3.05) is 13.2 Å². The minimum absolute atomic E-state index is 0.0825. The van der Waals surface area contributed by atoms with E-state index in [9.17, 15) is 10.2 Å². The summed E-state index contributed by atoms with van der Waals surface area (Å²) in [5.41, 5.74) is 3.07. The standard InChI is InChI=1S/C17H22N4O2/c22-11-14-5-3-7-20(14)9-13-10-21(19-18-13)16-8-12-4-1-2-6-15(12)17(16)23/h1-2,4,6,10,14,16-17,22-23H,3,5,7-9,11H2. The lowest BCUT2D eigenvalue weighted by Gasteiger charge is -2.21. The molecule has 1 aliphatic heterocycles. The van der Waals surface area contributed by atoms with Gasteiger partial charge in [-0.3, -0.25) is 4.90 Å². The van der Waals surface area contributed by atoms with Gasteiger partial charge in [-0.2, -0.15) is 0 Å². The van der Waals surface area contributed by atoms with Crippen molar-refractivity contribution >= 4 is 0 Å². The van der Waals surface area contributed by atoms with Crippen LogP contribution in [0.5, 0.6) is 0 Å². The van der Waals surface area contributed by atoms with Crippen LogP contribution in [0.15, 0.2) is 30.5 Å². The first kappa shape index (κ1) is 14.8. The summed E-state index contributed by atoms with van der Waals surface area (Å²) in [4.78, 5) is 2.26. The Hall–Kier alpha value is -1.76. The average molecular weight is 314 g/mol. The van der Waals surface area contributed by atoms with E-state index in [4.69, 9.17) is 0 Å². The van der Waals surface area contributed by atoms with Gasteiger partial charge in [0.1, 0.15) is 6.10 Å². The second-order valence-electron chi connectivity index (χ2n) is 6.55. The predicted octanol–water partition coefficient (Wildman–Crippen LogP) is 1.07. The second kappa shape index (κ2) is 6.03. The lowest BCUT2D eigenvalue weighted by Crippen LogP contribution is -2.31. The Morgan fingerprint density at radius 3 is 2.96 bits per heavy atom. The molecule has 0 saturated carbocycles. The number of nitrogens with zero attached hydrogens (tertiary/aromatic N) is 4. The van der Waals surface area contributed by atoms with Crippen LogP contribution in [0, 0.1) is 0 Å². The van der Waals surface area contributed by atoms with Crippen LogP contribution < -0.4 is 0 Å². The Balaban J connectivity index is 1.49. The zero-order chi connectivity index (χ0) is 15.8. The lowest BCUT2D eigenvalue weighted by molar-refractivity contribution is 0.120. The Morgan fingerprint density at radius 2 is 2.13 bits per heavy atom. The summed E-state index contributed by atoms with van der Waals surface area (Å²) in [7, 11) is 0. The first-order valence-corrected chi connectivity index (χ1v) is 8.27.